The second-order valence-corrected chi connectivity index (χ2v) is 6.39. The molecule has 3 aromatic rings. The van der Waals surface area contributed by atoms with Crippen molar-refractivity contribution in [3.63, 3.8) is 0 Å². The summed E-state index contributed by atoms with van der Waals surface area (Å²) in [5.41, 5.74) is 3.72. The Labute approximate surface area is 149 Å². The molecule has 1 aromatic heterocycles. The highest BCUT2D eigenvalue weighted by atomic mass is 16.5. The maximum Gasteiger partial charge on any atom is 0.195 e. The Balaban J connectivity index is 2.17. The fourth-order valence-electron chi connectivity index (χ4n) is 3.65. The van der Waals surface area contributed by atoms with Gasteiger partial charge in [-0.3, -0.25) is 4.79 Å². The van der Waals surface area contributed by atoms with Gasteiger partial charge in [-0.15, -0.1) is 0 Å². The van der Waals surface area contributed by atoms with Crippen LogP contribution in [-0.4, -0.2) is 24.1 Å². The zero-order valence-electron chi connectivity index (χ0n) is 15.2. The first-order valence-electron chi connectivity index (χ1n) is 8.87. The molecule has 1 heterocycles. The molecule has 0 aliphatic heterocycles. The number of aromatic nitrogens is 1. The van der Waals surface area contributed by atoms with Crippen molar-refractivity contribution < 1.29 is 9.53 Å². The van der Waals surface area contributed by atoms with Crippen molar-refractivity contribution in [3.05, 3.63) is 71.4 Å². The number of carbonyl (C=O) groups is 1. The molecule has 2 aromatic carbocycles. The third kappa shape index (κ3) is 3.24. The van der Waals surface area contributed by atoms with E-state index in [2.05, 4.69) is 30.5 Å². The lowest BCUT2D eigenvalue weighted by atomic mass is 10.0. The topological polar surface area (TPSA) is 31.2 Å². The third-order valence-electron chi connectivity index (χ3n) is 4.91. The number of ether oxygens (including phenoxy) is 1. The van der Waals surface area contributed by atoms with Crippen LogP contribution >= 0.6 is 0 Å². The van der Waals surface area contributed by atoms with Crippen molar-refractivity contribution in [1.29, 1.82) is 0 Å². The standard InChI is InChI=1S/C22H25NO2/c1-4-18(14-15-25-3)23-16(2)21(19-12-8-9-13-20(19)23)22(24)17-10-6-5-7-11-17/h5-13,18H,4,14-15H2,1-3H3. The van der Waals surface area contributed by atoms with Crippen LogP contribution in [0.4, 0.5) is 0 Å². The summed E-state index contributed by atoms with van der Waals surface area (Å²) in [5, 5.41) is 1.03. The van der Waals surface area contributed by atoms with E-state index in [-0.39, 0.29) is 5.78 Å². The predicted octanol–water partition coefficient (Wildman–Crippen LogP) is 5.17. The number of benzene rings is 2. The van der Waals surface area contributed by atoms with Gasteiger partial charge in [0.05, 0.1) is 5.56 Å². The largest absolute Gasteiger partial charge is 0.385 e. The van der Waals surface area contributed by atoms with Crippen molar-refractivity contribution in [1.82, 2.24) is 4.57 Å². The van der Waals surface area contributed by atoms with Crippen molar-refractivity contribution in [2.45, 2.75) is 32.7 Å². The maximum absolute atomic E-state index is 13.2. The molecule has 0 spiro atoms. The number of hydrogen-bond acceptors (Lipinski definition) is 2. The van der Waals surface area contributed by atoms with Gasteiger partial charge in [0, 0.05) is 41.9 Å². The van der Waals surface area contributed by atoms with Crippen LogP contribution in [0, 0.1) is 6.92 Å². The maximum atomic E-state index is 13.2. The fraction of sp³-hybridized carbons (Fsp3) is 0.318. The van der Waals surface area contributed by atoms with Crippen molar-refractivity contribution in [2.24, 2.45) is 0 Å². The third-order valence-corrected chi connectivity index (χ3v) is 4.91. The van der Waals surface area contributed by atoms with E-state index in [1.807, 2.05) is 42.5 Å². The number of ketones is 1. The van der Waals surface area contributed by atoms with Gasteiger partial charge in [0.15, 0.2) is 5.78 Å². The van der Waals surface area contributed by atoms with Crippen LogP contribution < -0.4 is 0 Å². The van der Waals surface area contributed by atoms with Crippen LogP contribution in [0.25, 0.3) is 10.9 Å². The normalized spacial score (nSPS) is 12.4. The molecule has 0 bridgehead atoms. The second-order valence-electron chi connectivity index (χ2n) is 6.39. The quantitative estimate of drug-likeness (QED) is 0.558. The highest BCUT2D eigenvalue weighted by molar-refractivity contribution is 6.17. The number of methoxy groups -OCH3 is 1. The molecule has 1 atom stereocenters. The molecular formula is C22H25NO2. The van der Waals surface area contributed by atoms with Gasteiger partial charge in [0.25, 0.3) is 0 Å². The number of rotatable bonds is 7. The first-order valence-corrected chi connectivity index (χ1v) is 8.87. The van der Waals surface area contributed by atoms with E-state index in [1.54, 1.807) is 7.11 Å². The first-order chi connectivity index (χ1) is 12.2. The van der Waals surface area contributed by atoms with Gasteiger partial charge in [0.1, 0.15) is 0 Å². The molecule has 0 radical (unpaired) electrons. The molecule has 0 N–H and O–H groups in total. The highest BCUT2D eigenvalue weighted by Gasteiger charge is 2.23. The van der Waals surface area contributed by atoms with Gasteiger partial charge >= 0.3 is 0 Å². The number of nitrogens with zero attached hydrogens (tertiary/aromatic N) is 1. The Morgan fingerprint density at radius 2 is 1.76 bits per heavy atom. The first kappa shape index (κ1) is 17.4. The monoisotopic (exact) mass is 335 g/mol. The molecule has 0 fully saturated rings. The van der Waals surface area contributed by atoms with Crippen LogP contribution in [-0.2, 0) is 4.74 Å². The molecular weight excluding hydrogens is 310 g/mol. The Kier molecular flexibility index (Phi) is 5.34. The number of hydrogen-bond donors (Lipinski definition) is 0. The number of fused-ring (bicyclic) bond motifs is 1. The van der Waals surface area contributed by atoms with Gasteiger partial charge in [-0.2, -0.15) is 0 Å². The lowest BCUT2D eigenvalue weighted by Crippen LogP contribution is -2.13. The van der Waals surface area contributed by atoms with Gasteiger partial charge in [0.2, 0.25) is 0 Å². The molecule has 0 amide bonds. The zero-order valence-corrected chi connectivity index (χ0v) is 15.2. The Morgan fingerprint density at radius 1 is 1.08 bits per heavy atom. The summed E-state index contributed by atoms with van der Waals surface area (Å²) >= 11 is 0. The Bertz CT molecular complexity index is 864. The molecule has 3 rings (SSSR count). The SMILES string of the molecule is CCC(CCOC)n1c(C)c(C(=O)c2ccccc2)c2ccccc21. The van der Waals surface area contributed by atoms with Gasteiger partial charge < -0.3 is 9.30 Å². The molecule has 1 unspecified atom stereocenters. The Hall–Kier alpha value is -2.39. The highest BCUT2D eigenvalue weighted by Crippen LogP contribution is 2.33. The summed E-state index contributed by atoms with van der Waals surface area (Å²) in [6, 6.07) is 18.1. The summed E-state index contributed by atoms with van der Waals surface area (Å²) in [5.74, 6) is 0.0923. The van der Waals surface area contributed by atoms with Crippen LogP contribution in [0.3, 0.4) is 0 Å². The summed E-state index contributed by atoms with van der Waals surface area (Å²) in [6.45, 7) is 4.96. The average molecular weight is 335 g/mol. The van der Waals surface area contributed by atoms with Crippen molar-refractivity contribution in [2.75, 3.05) is 13.7 Å². The smallest absolute Gasteiger partial charge is 0.195 e. The summed E-state index contributed by atoms with van der Waals surface area (Å²) in [6.07, 6.45) is 1.94. The second kappa shape index (κ2) is 7.66. The molecule has 0 saturated heterocycles. The predicted molar refractivity (Wildman–Crippen MR) is 102 cm³/mol. The van der Waals surface area contributed by atoms with Crippen molar-refractivity contribution in [3.8, 4) is 0 Å². The van der Waals surface area contributed by atoms with Crippen molar-refractivity contribution >= 4 is 16.7 Å². The van der Waals surface area contributed by atoms with E-state index in [1.165, 1.54) is 0 Å². The Morgan fingerprint density at radius 3 is 2.44 bits per heavy atom. The number of carbonyl (C=O) groups excluding carboxylic acids is 1. The molecule has 0 saturated carbocycles. The van der Waals surface area contributed by atoms with Gasteiger partial charge in [-0.1, -0.05) is 55.5 Å². The van der Waals surface area contributed by atoms with Crippen LogP contribution in [0.15, 0.2) is 54.6 Å². The van der Waals surface area contributed by atoms with Crippen LogP contribution in [0.5, 0.6) is 0 Å². The average Bonchev–Trinajstić information content (AvgIpc) is 2.95. The summed E-state index contributed by atoms with van der Waals surface area (Å²) < 4.78 is 7.61. The van der Waals surface area contributed by atoms with Crippen LogP contribution in [0.1, 0.15) is 47.4 Å². The summed E-state index contributed by atoms with van der Waals surface area (Å²) in [7, 11) is 1.73. The van der Waals surface area contributed by atoms with E-state index < -0.39 is 0 Å². The minimum Gasteiger partial charge on any atom is -0.385 e. The minimum absolute atomic E-state index is 0.0923. The van der Waals surface area contributed by atoms with E-state index in [4.69, 9.17) is 4.74 Å². The molecule has 3 nitrogen and oxygen atoms in total. The van der Waals surface area contributed by atoms with E-state index >= 15 is 0 Å². The number of para-hydroxylation sites is 1. The van der Waals surface area contributed by atoms with Gasteiger partial charge in [-0.05, 0) is 25.8 Å². The minimum atomic E-state index is 0.0923. The van der Waals surface area contributed by atoms with Crippen LogP contribution in [0.2, 0.25) is 0 Å². The van der Waals surface area contributed by atoms with E-state index in [0.29, 0.717) is 12.6 Å². The van der Waals surface area contributed by atoms with E-state index in [9.17, 15) is 4.79 Å². The lowest BCUT2D eigenvalue weighted by molar-refractivity contribution is 0.103. The van der Waals surface area contributed by atoms with E-state index in [0.717, 1.165) is 40.6 Å². The summed E-state index contributed by atoms with van der Waals surface area (Å²) in [4.78, 5) is 13.2. The molecule has 130 valence electrons. The molecule has 0 aliphatic carbocycles. The zero-order chi connectivity index (χ0) is 17.8. The fourth-order valence-corrected chi connectivity index (χ4v) is 3.65. The molecule has 25 heavy (non-hydrogen) atoms. The lowest BCUT2D eigenvalue weighted by Gasteiger charge is -2.20. The van der Waals surface area contributed by atoms with Gasteiger partial charge in [-0.25, -0.2) is 0 Å². The molecule has 0 aliphatic rings. The molecule has 3 heteroatoms.